The van der Waals surface area contributed by atoms with E-state index in [1.807, 2.05) is 0 Å². The number of carboxylic acids is 1. The average molecular weight is 515 g/mol. The Balaban J connectivity index is 1.44. The van der Waals surface area contributed by atoms with E-state index >= 15 is 0 Å². The topological polar surface area (TPSA) is 114 Å². The summed E-state index contributed by atoms with van der Waals surface area (Å²) >= 11 is 5.98. The third-order valence-electron chi connectivity index (χ3n) is 4.95. The summed E-state index contributed by atoms with van der Waals surface area (Å²) in [5.74, 6) is -1.59. The van der Waals surface area contributed by atoms with Gasteiger partial charge in [0.15, 0.2) is 6.04 Å². The van der Waals surface area contributed by atoms with Crippen LogP contribution < -0.4 is 15.4 Å². The number of hydrogen-bond acceptors (Lipinski definition) is 5. The second kappa shape index (κ2) is 13.1. The first-order chi connectivity index (χ1) is 17.3. The Morgan fingerprint density at radius 3 is 2.53 bits per heavy atom. The smallest absolute Gasteiger partial charge is 0.408 e. The van der Waals surface area contributed by atoms with Crippen LogP contribution in [-0.2, 0) is 20.9 Å². The van der Waals surface area contributed by atoms with Gasteiger partial charge >= 0.3 is 12.1 Å². The zero-order chi connectivity index (χ0) is 25.9. The van der Waals surface area contributed by atoms with Crippen LogP contribution in [0.2, 0.25) is 5.02 Å². The Hall–Kier alpha value is -4.11. The number of alkyl carbamates (subject to hydrolysis) is 1. The van der Waals surface area contributed by atoms with Crippen molar-refractivity contribution in [1.82, 2.24) is 5.32 Å². The number of amides is 2. The van der Waals surface area contributed by atoms with E-state index in [0.717, 1.165) is 0 Å². The summed E-state index contributed by atoms with van der Waals surface area (Å²) in [6.07, 6.45) is 5.70. The van der Waals surface area contributed by atoms with E-state index in [2.05, 4.69) is 10.6 Å². The Kier molecular flexibility index (Phi) is 9.64. The lowest BCUT2D eigenvalue weighted by molar-refractivity contribution is -0.140. The van der Waals surface area contributed by atoms with Gasteiger partial charge in [-0.15, -0.1) is 0 Å². The molecule has 188 valence electrons. The van der Waals surface area contributed by atoms with Crippen LogP contribution >= 0.6 is 11.6 Å². The summed E-state index contributed by atoms with van der Waals surface area (Å²) in [7, 11) is 0. The zero-order valence-corrected chi connectivity index (χ0v) is 19.8. The monoisotopic (exact) mass is 514 g/mol. The van der Waals surface area contributed by atoms with E-state index in [0.29, 0.717) is 34.0 Å². The molecule has 1 aliphatic carbocycles. The van der Waals surface area contributed by atoms with E-state index in [1.54, 1.807) is 60.7 Å². The molecule has 0 aromatic heterocycles. The highest BCUT2D eigenvalue weighted by Gasteiger charge is 2.22. The lowest BCUT2D eigenvalue weighted by Gasteiger charge is -2.16. The molecule has 0 saturated heterocycles. The number of aliphatic carboxylic acids is 1. The lowest BCUT2D eigenvalue weighted by atomic mass is 10.1. The predicted octanol–water partition coefficient (Wildman–Crippen LogP) is 5.17. The number of carbonyl (C=O) groups is 3. The number of hydrogen-bond donors (Lipinski definition) is 3. The molecule has 3 rings (SSSR count). The van der Waals surface area contributed by atoms with Crippen molar-refractivity contribution in [3.8, 4) is 5.75 Å². The molecule has 2 amide bonds. The van der Waals surface area contributed by atoms with Crippen molar-refractivity contribution >= 4 is 35.3 Å². The van der Waals surface area contributed by atoms with Gasteiger partial charge in [0.1, 0.15) is 24.8 Å². The van der Waals surface area contributed by atoms with E-state index in [1.165, 1.54) is 12.2 Å². The molecule has 0 spiro atoms. The van der Waals surface area contributed by atoms with Crippen molar-refractivity contribution in [1.29, 1.82) is 0 Å². The summed E-state index contributed by atoms with van der Waals surface area (Å²) in [4.78, 5) is 35.8. The minimum atomic E-state index is -1.35. The molecule has 0 fully saturated rings. The second-order valence-corrected chi connectivity index (χ2v) is 8.12. The molecule has 0 aliphatic heterocycles. The average Bonchev–Trinajstić information content (AvgIpc) is 3.05. The molecular weight excluding hydrogens is 491 g/mol. The van der Waals surface area contributed by atoms with E-state index in [4.69, 9.17) is 21.1 Å². The maximum absolute atomic E-state index is 13.2. The summed E-state index contributed by atoms with van der Waals surface area (Å²) < 4.78 is 23.7. The first-order valence-electron chi connectivity index (χ1n) is 10.9. The number of halogens is 2. The van der Waals surface area contributed by atoms with Gasteiger partial charge in [0, 0.05) is 5.69 Å². The van der Waals surface area contributed by atoms with Crippen molar-refractivity contribution in [3.05, 3.63) is 94.8 Å². The largest absolute Gasteiger partial charge is 0.489 e. The number of rotatable bonds is 10. The van der Waals surface area contributed by atoms with Crippen molar-refractivity contribution < 1.29 is 33.4 Å². The van der Waals surface area contributed by atoms with Crippen LogP contribution in [0.4, 0.5) is 14.9 Å². The van der Waals surface area contributed by atoms with Crippen molar-refractivity contribution in [2.45, 2.75) is 25.5 Å². The van der Waals surface area contributed by atoms with Crippen LogP contribution in [0, 0.1) is 0 Å². The van der Waals surface area contributed by atoms with Gasteiger partial charge in [-0.25, -0.2) is 14.0 Å². The molecule has 1 aliphatic rings. The molecule has 10 heteroatoms. The number of carbonyl (C=O) groups excluding carboxylic acids is 2. The molecular formula is C26H24ClFN2O6. The molecule has 8 nitrogen and oxygen atoms in total. The second-order valence-electron chi connectivity index (χ2n) is 7.71. The van der Waals surface area contributed by atoms with E-state index < -0.39 is 18.1 Å². The van der Waals surface area contributed by atoms with Gasteiger partial charge in [-0.05, 0) is 54.0 Å². The quantitative estimate of drug-likeness (QED) is 0.403. The van der Waals surface area contributed by atoms with Crippen LogP contribution in [0.15, 0.2) is 84.2 Å². The van der Waals surface area contributed by atoms with Gasteiger partial charge in [-0.3, -0.25) is 4.79 Å². The Morgan fingerprint density at radius 2 is 1.81 bits per heavy atom. The number of anilines is 1. The number of carboxylic acid groups (broad SMARTS) is 1. The van der Waals surface area contributed by atoms with Gasteiger partial charge in [-0.2, -0.15) is 0 Å². The number of para-hydroxylation sites is 1. The highest BCUT2D eigenvalue weighted by Crippen LogP contribution is 2.23. The predicted molar refractivity (Wildman–Crippen MR) is 132 cm³/mol. The van der Waals surface area contributed by atoms with Crippen molar-refractivity contribution in [3.63, 3.8) is 0 Å². The maximum atomic E-state index is 13.2. The summed E-state index contributed by atoms with van der Waals surface area (Å²) in [6, 6.07) is 11.8. The molecule has 0 bridgehead atoms. The van der Waals surface area contributed by atoms with Crippen molar-refractivity contribution in [2.24, 2.45) is 0 Å². The molecule has 3 N–H and O–H groups in total. The summed E-state index contributed by atoms with van der Waals surface area (Å²) in [6.45, 7) is -0.464. The number of benzene rings is 2. The Morgan fingerprint density at radius 1 is 1.06 bits per heavy atom. The maximum Gasteiger partial charge on any atom is 0.408 e. The number of ether oxygens (including phenoxy) is 2. The van der Waals surface area contributed by atoms with Crippen LogP contribution in [0.1, 0.15) is 18.4 Å². The van der Waals surface area contributed by atoms with Gasteiger partial charge in [0.05, 0.1) is 11.4 Å². The summed E-state index contributed by atoms with van der Waals surface area (Å²) in [5.41, 5.74) is 1.88. The SMILES string of the molecule is O=C(CC1=CCC=C(F)C=C1)Nc1ccc(COC(=O)N[C@@H](COc2ccccc2Cl)C(=O)O)cc1. The fourth-order valence-corrected chi connectivity index (χ4v) is 3.28. The van der Waals surface area contributed by atoms with Crippen molar-refractivity contribution in [2.75, 3.05) is 11.9 Å². The molecule has 1 atom stereocenters. The molecule has 2 aromatic carbocycles. The zero-order valence-electron chi connectivity index (χ0n) is 19.1. The fraction of sp³-hybridized carbons (Fsp3) is 0.192. The minimum absolute atomic E-state index is 0.105. The van der Waals surface area contributed by atoms with Gasteiger partial charge in [-0.1, -0.05) is 48.0 Å². The van der Waals surface area contributed by atoms with Crippen LogP contribution in [-0.4, -0.2) is 35.7 Å². The highest BCUT2D eigenvalue weighted by atomic mass is 35.5. The van der Waals surface area contributed by atoms with Crippen LogP contribution in [0.25, 0.3) is 0 Å². The van der Waals surface area contributed by atoms with Crippen LogP contribution in [0.5, 0.6) is 5.75 Å². The number of nitrogens with one attached hydrogen (secondary N) is 2. The van der Waals surface area contributed by atoms with E-state index in [-0.39, 0.29) is 31.4 Å². The standard InChI is InChI=1S/C26H24ClFN2O6/c27-21-6-1-2-7-23(21)35-16-22(25(32)33)30-26(34)36-15-18-9-12-20(13-10-18)29-24(31)14-17-4-3-5-19(28)11-8-17/h1-2,4-13,22H,3,14-16H2,(H,29,31)(H,30,34)(H,32,33)/t22-/m0/s1. The van der Waals surface area contributed by atoms with Gasteiger partial charge < -0.3 is 25.2 Å². The highest BCUT2D eigenvalue weighted by molar-refractivity contribution is 6.32. The van der Waals surface area contributed by atoms with Gasteiger partial charge in [0.25, 0.3) is 0 Å². The first kappa shape index (κ1) is 26.5. The third kappa shape index (κ3) is 8.59. The summed E-state index contributed by atoms with van der Waals surface area (Å²) in [5, 5.41) is 14.6. The third-order valence-corrected chi connectivity index (χ3v) is 5.27. The number of allylic oxidation sites excluding steroid dienone is 5. The first-order valence-corrected chi connectivity index (χ1v) is 11.3. The van der Waals surface area contributed by atoms with Crippen LogP contribution in [0.3, 0.4) is 0 Å². The Labute approximate surface area is 212 Å². The molecule has 0 unspecified atom stereocenters. The van der Waals surface area contributed by atoms with Gasteiger partial charge in [0.2, 0.25) is 5.91 Å². The minimum Gasteiger partial charge on any atom is -0.489 e. The molecule has 0 radical (unpaired) electrons. The molecule has 0 heterocycles. The molecule has 36 heavy (non-hydrogen) atoms. The normalized spacial score (nSPS) is 13.5. The lowest BCUT2D eigenvalue weighted by Crippen LogP contribution is -2.45. The fourth-order valence-electron chi connectivity index (χ4n) is 3.09. The van der Waals surface area contributed by atoms with E-state index in [9.17, 15) is 23.9 Å². The molecule has 0 saturated carbocycles. The Bertz CT molecular complexity index is 1190. The molecule has 2 aromatic rings.